The van der Waals surface area contributed by atoms with Gasteiger partial charge in [-0.05, 0) is 13.0 Å². The minimum atomic E-state index is -0.832. The van der Waals surface area contributed by atoms with Gasteiger partial charge in [0.25, 0.3) is 0 Å². The number of nitrogens with two attached hydrogens (primary N) is 1. The zero-order chi connectivity index (χ0) is 12.1. The maximum atomic E-state index is 10.7. The summed E-state index contributed by atoms with van der Waals surface area (Å²) in [6.07, 6.45) is -1.76. The molecule has 2 N–H and O–H groups in total. The number of ether oxygens (including phenoxy) is 2. The Balaban J connectivity index is 2.90. The summed E-state index contributed by atoms with van der Waals surface area (Å²) in [5.41, 5.74) is 5.72. The number of amides is 1. The van der Waals surface area contributed by atoms with Gasteiger partial charge in [-0.15, -0.1) is 0 Å². The Labute approximate surface area is 99.3 Å². The standard InChI is InChI=1S/C11H14ClNO3/c1-7(16-11(13)14)10(15-2)8-5-3-4-6-9(8)12/h3-7,10H,1-2H3,(H2,13,14)/t7-,10-/m0/s1. The Hall–Kier alpha value is -1.26. The van der Waals surface area contributed by atoms with E-state index in [4.69, 9.17) is 26.8 Å². The van der Waals surface area contributed by atoms with Gasteiger partial charge < -0.3 is 15.2 Å². The highest BCUT2D eigenvalue weighted by atomic mass is 35.5. The molecule has 0 aromatic heterocycles. The van der Waals surface area contributed by atoms with Crippen LogP contribution in [0, 0.1) is 0 Å². The molecule has 0 heterocycles. The van der Waals surface area contributed by atoms with Crippen molar-refractivity contribution < 1.29 is 14.3 Å². The van der Waals surface area contributed by atoms with Crippen molar-refractivity contribution in [1.82, 2.24) is 0 Å². The molecular formula is C11H14ClNO3. The molecule has 88 valence electrons. The Morgan fingerprint density at radius 3 is 2.56 bits per heavy atom. The molecule has 5 heteroatoms. The molecule has 16 heavy (non-hydrogen) atoms. The summed E-state index contributed by atoms with van der Waals surface area (Å²) >= 11 is 6.03. The van der Waals surface area contributed by atoms with Crippen LogP contribution in [-0.4, -0.2) is 19.3 Å². The van der Waals surface area contributed by atoms with Gasteiger partial charge >= 0.3 is 6.09 Å². The van der Waals surface area contributed by atoms with Gasteiger partial charge in [-0.3, -0.25) is 0 Å². The van der Waals surface area contributed by atoms with Crippen LogP contribution >= 0.6 is 11.6 Å². The molecule has 0 aliphatic carbocycles. The summed E-state index contributed by atoms with van der Waals surface area (Å²) in [7, 11) is 1.52. The third-order valence-electron chi connectivity index (χ3n) is 2.19. The number of halogens is 1. The van der Waals surface area contributed by atoms with Gasteiger partial charge in [0.05, 0.1) is 0 Å². The van der Waals surface area contributed by atoms with Gasteiger partial charge in [-0.1, -0.05) is 29.8 Å². The van der Waals surface area contributed by atoms with E-state index in [0.29, 0.717) is 5.02 Å². The van der Waals surface area contributed by atoms with Gasteiger partial charge in [-0.2, -0.15) is 0 Å². The first-order chi connectivity index (χ1) is 7.56. The van der Waals surface area contributed by atoms with E-state index in [1.54, 1.807) is 13.0 Å². The van der Waals surface area contributed by atoms with Crippen molar-refractivity contribution in [2.45, 2.75) is 19.1 Å². The number of hydrogen-bond acceptors (Lipinski definition) is 3. The summed E-state index contributed by atoms with van der Waals surface area (Å²) in [5.74, 6) is 0. The lowest BCUT2D eigenvalue weighted by Gasteiger charge is -2.23. The lowest BCUT2D eigenvalue weighted by atomic mass is 10.1. The van der Waals surface area contributed by atoms with E-state index in [1.807, 2.05) is 18.2 Å². The van der Waals surface area contributed by atoms with Crippen molar-refractivity contribution >= 4 is 17.7 Å². The predicted molar refractivity (Wildman–Crippen MR) is 61.3 cm³/mol. The van der Waals surface area contributed by atoms with Gasteiger partial charge in [0.15, 0.2) is 0 Å². The summed E-state index contributed by atoms with van der Waals surface area (Å²) in [4.78, 5) is 10.7. The molecule has 1 rings (SSSR count). The van der Waals surface area contributed by atoms with Crippen molar-refractivity contribution in [3.8, 4) is 0 Å². The third kappa shape index (κ3) is 3.12. The highest BCUT2D eigenvalue weighted by Gasteiger charge is 2.23. The summed E-state index contributed by atoms with van der Waals surface area (Å²) < 4.78 is 10.1. The number of benzene rings is 1. The molecule has 4 nitrogen and oxygen atoms in total. The first-order valence-electron chi connectivity index (χ1n) is 4.79. The molecule has 0 radical (unpaired) electrons. The fourth-order valence-electron chi connectivity index (χ4n) is 1.52. The average molecular weight is 244 g/mol. The van der Waals surface area contributed by atoms with Crippen molar-refractivity contribution in [3.63, 3.8) is 0 Å². The molecule has 1 amide bonds. The number of methoxy groups -OCH3 is 1. The summed E-state index contributed by atoms with van der Waals surface area (Å²) in [6.45, 7) is 1.70. The molecule has 0 spiro atoms. The zero-order valence-corrected chi connectivity index (χ0v) is 9.90. The van der Waals surface area contributed by atoms with Crippen molar-refractivity contribution in [2.75, 3.05) is 7.11 Å². The molecular weight excluding hydrogens is 230 g/mol. The maximum Gasteiger partial charge on any atom is 0.404 e. The van der Waals surface area contributed by atoms with Crippen LogP contribution in [0.5, 0.6) is 0 Å². The molecule has 0 aliphatic heterocycles. The Bertz CT molecular complexity index is 370. The molecule has 0 saturated carbocycles. The molecule has 1 aromatic rings. The van der Waals surface area contributed by atoms with Crippen LogP contribution in [0.25, 0.3) is 0 Å². The highest BCUT2D eigenvalue weighted by Crippen LogP contribution is 2.28. The molecule has 0 aliphatic rings. The second-order valence-electron chi connectivity index (χ2n) is 3.32. The second-order valence-corrected chi connectivity index (χ2v) is 3.73. The SMILES string of the molecule is CO[C@H](c1ccccc1Cl)[C@H](C)OC(N)=O. The smallest absolute Gasteiger partial charge is 0.404 e. The summed E-state index contributed by atoms with van der Waals surface area (Å²) in [5, 5.41) is 0.564. The largest absolute Gasteiger partial charge is 0.444 e. The molecule has 0 saturated heterocycles. The Morgan fingerprint density at radius 2 is 2.06 bits per heavy atom. The highest BCUT2D eigenvalue weighted by molar-refractivity contribution is 6.31. The van der Waals surface area contributed by atoms with Crippen LogP contribution in [-0.2, 0) is 9.47 Å². The fraction of sp³-hybridized carbons (Fsp3) is 0.364. The summed E-state index contributed by atoms with van der Waals surface area (Å²) in [6, 6.07) is 7.22. The molecule has 2 atom stereocenters. The van der Waals surface area contributed by atoms with E-state index in [-0.39, 0.29) is 0 Å². The number of carbonyl (C=O) groups is 1. The molecule has 0 bridgehead atoms. The monoisotopic (exact) mass is 243 g/mol. The number of primary amides is 1. The van der Waals surface area contributed by atoms with Gasteiger partial charge in [0.2, 0.25) is 0 Å². The third-order valence-corrected chi connectivity index (χ3v) is 2.54. The van der Waals surface area contributed by atoms with E-state index in [0.717, 1.165) is 5.56 Å². The minimum Gasteiger partial charge on any atom is -0.444 e. The molecule has 1 aromatic carbocycles. The Kier molecular flexibility index (Phi) is 4.58. The minimum absolute atomic E-state index is 0.429. The van der Waals surface area contributed by atoms with Gasteiger partial charge in [0, 0.05) is 17.7 Å². The van der Waals surface area contributed by atoms with E-state index in [1.165, 1.54) is 7.11 Å². The van der Waals surface area contributed by atoms with Crippen LogP contribution < -0.4 is 5.73 Å². The van der Waals surface area contributed by atoms with Crippen LogP contribution in [0.2, 0.25) is 5.02 Å². The lowest BCUT2D eigenvalue weighted by molar-refractivity contribution is -0.0120. The van der Waals surface area contributed by atoms with Gasteiger partial charge in [-0.25, -0.2) is 4.79 Å². The zero-order valence-electron chi connectivity index (χ0n) is 9.14. The topological polar surface area (TPSA) is 61.6 Å². The quantitative estimate of drug-likeness (QED) is 0.884. The average Bonchev–Trinajstić information content (AvgIpc) is 2.20. The Morgan fingerprint density at radius 1 is 1.44 bits per heavy atom. The molecule has 0 fully saturated rings. The van der Waals surface area contributed by atoms with Gasteiger partial charge in [0.1, 0.15) is 12.2 Å². The number of rotatable bonds is 4. The maximum absolute atomic E-state index is 10.7. The predicted octanol–water partition coefficient (Wildman–Crippen LogP) is 2.51. The van der Waals surface area contributed by atoms with Crippen molar-refractivity contribution in [1.29, 1.82) is 0 Å². The van der Waals surface area contributed by atoms with Crippen LogP contribution in [0.3, 0.4) is 0 Å². The first kappa shape index (κ1) is 12.8. The lowest BCUT2D eigenvalue weighted by Crippen LogP contribution is -2.27. The van der Waals surface area contributed by atoms with Crippen LogP contribution in [0.1, 0.15) is 18.6 Å². The second kappa shape index (κ2) is 5.72. The van der Waals surface area contributed by atoms with E-state index >= 15 is 0 Å². The first-order valence-corrected chi connectivity index (χ1v) is 5.17. The van der Waals surface area contributed by atoms with E-state index in [2.05, 4.69) is 0 Å². The van der Waals surface area contributed by atoms with E-state index < -0.39 is 18.3 Å². The molecule has 0 unspecified atom stereocenters. The number of hydrogen-bond donors (Lipinski definition) is 1. The van der Waals surface area contributed by atoms with Crippen molar-refractivity contribution in [3.05, 3.63) is 34.9 Å². The number of carbonyl (C=O) groups excluding carboxylic acids is 1. The van der Waals surface area contributed by atoms with Crippen LogP contribution in [0.4, 0.5) is 4.79 Å². The van der Waals surface area contributed by atoms with E-state index in [9.17, 15) is 4.79 Å². The van der Waals surface area contributed by atoms with Crippen molar-refractivity contribution in [2.24, 2.45) is 5.73 Å². The van der Waals surface area contributed by atoms with Crippen LogP contribution in [0.15, 0.2) is 24.3 Å². The normalized spacial score (nSPS) is 14.2. The fourth-order valence-corrected chi connectivity index (χ4v) is 1.77.